The number of hydrogen-bond acceptors (Lipinski definition) is 11. The van der Waals surface area contributed by atoms with Gasteiger partial charge in [-0.25, -0.2) is 0 Å². The van der Waals surface area contributed by atoms with Crippen LogP contribution in [0.2, 0.25) is 0 Å². The number of likely N-dealkylation sites (tertiary alicyclic amines) is 1. The van der Waals surface area contributed by atoms with Gasteiger partial charge in [0.05, 0.1) is 24.4 Å². The number of phenols is 1. The van der Waals surface area contributed by atoms with Crippen LogP contribution < -0.4 is 15.8 Å². The first-order chi connectivity index (χ1) is 19.4. The number of fused-ring (bicyclic) bond motifs is 6. The van der Waals surface area contributed by atoms with Crippen molar-refractivity contribution in [2.45, 2.75) is 43.9 Å². The van der Waals surface area contributed by atoms with Gasteiger partial charge in [0.15, 0.2) is 17.1 Å². The van der Waals surface area contributed by atoms with Crippen molar-refractivity contribution >= 4 is 23.2 Å². The van der Waals surface area contributed by atoms with E-state index in [0.29, 0.717) is 36.0 Å². The summed E-state index contributed by atoms with van der Waals surface area (Å²) in [5.74, 6) is -5.88. The van der Waals surface area contributed by atoms with Crippen molar-refractivity contribution in [3.63, 3.8) is 0 Å². The van der Waals surface area contributed by atoms with Crippen molar-refractivity contribution < 1.29 is 39.5 Å². The molecule has 3 aliphatic carbocycles. The van der Waals surface area contributed by atoms with Crippen LogP contribution in [0.15, 0.2) is 22.7 Å². The number of nitrogens with two attached hydrogens (primary N) is 1. The summed E-state index contributed by atoms with van der Waals surface area (Å²) >= 11 is 0. The number of primary amides is 1. The van der Waals surface area contributed by atoms with Crippen molar-refractivity contribution in [1.29, 1.82) is 0 Å². The van der Waals surface area contributed by atoms with Gasteiger partial charge in [-0.2, -0.15) is 0 Å². The van der Waals surface area contributed by atoms with Gasteiger partial charge in [0.2, 0.25) is 5.78 Å². The molecule has 5 aliphatic rings. The number of amides is 1. The maximum atomic E-state index is 14.1. The van der Waals surface area contributed by atoms with Crippen LogP contribution in [0.25, 0.3) is 0 Å². The Balaban J connectivity index is 1.56. The molecule has 1 saturated heterocycles. The molecule has 41 heavy (non-hydrogen) atoms. The highest BCUT2D eigenvalue weighted by Gasteiger charge is 2.63. The summed E-state index contributed by atoms with van der Waals surface area (Å²) in [6.45, 7) is 3.67. The van der Waals surface area contributed by atoms with Gasteiger partial charge >= 0.3 is 0 Å². The zero-order chi connectivity index (χ0) is 29.7. The lowest BCUT2D eigenvalue weighted by Crippen LogP contribution is -2.64. The summed E-state index contributed by atoms with van der Waals surface area (Å²) in [5.41, 5.74) is 3.41. The fraction of sp³-hybridized carbons (Fsp3) is 0.552. The Kier molecular flexibility index (Phi) is 6.18. The number of carbonyl (C=O) groups is 3. The van der Waals surface area contributed by atoms with Crippen LogP contribution >= 0.6 is 0 Å². The highest BCUT2D eigenvalue weighted by atomic mass is 16.5. The van der Waals surface area contributed by atoms with Gasteiger partial charge in [0.1, 0.15) is 22.8 Å². The maximum Gasteiger partial charge on any atom is 0.255 e. The van der Waals surface area contributed by atoms with Crippen molar-refractivity contribution in [3.8, 4) is 11.5 Å². The van der Waals surface area contributed by atoms with E-state index in [1.807, 2.05) is 7.05 Å². The van der Waals surface area contributed by atoms with E-state index in [-0.39, 0.29) is 35.8 Å². The minimum Gasteiger partial charge on any atom is -0.510 e. The monoisotopic (exact) mass is 568 g/mol. The molecule has 7 N–H and O–H groups in total. The van der Waals surface area contributed by atoms with Crippen LogP contribution in [-0.4, -0.2) is 100 Å². The van der Waals surface area contributed by atoms with Gasteiger partial charge in [-0.15, -0.1) is 0 Å². The normalized spacial score (nSPS) is 32.7. The summed E-state index contributed by atoms with van der Waals surface area (Å²) in [7, 11) is 5.20. The number of nitrogens with zero attached hydrogens (tertiary/aromatic N) is 2. The molecule has 0 aromatic heterocycles. The van der Waals surface area contributed by atoms with Crippen LogP contribution in [0.5, 0.6) is 11.5 Å². The predicted molar refractivity (Wildman–Crippen MR) is 147 cm³/mol. The second kappa shape index (κ2) is 9.20. The molecule has 2 aliphatic heterocycles. The number of carbonyl (C=O) groups excluding carboxylic acids is 3. The first-order valence-corrected chi connectivity index (χ1v) is 14.0. The summed E-state index contributed by atoms with van der Waals surface area (Å²) in [4.78, 5) is 43.8. The number of hydrogen-bond donors (Lipinski definition) is 6. The van der Waals surface area contributed by atoms with Crippen LogP contribution in [-0.2, 0) is 16.0 Å². The number of ketones is 2. The molecule has 12 nitrogen and oxygen atoms in total. The number of benzene rings is 1. The van der Waals surface area contributed by atoms with E-state index in [1.54, 1.807) is 18.9 Å². The third kappa shape index (κ3) is 3.41. The molecule has 2 heterocycles. The Morgan fingerprint density at radius 2 is 1.98 bits per heavy atom. The lowest BCUT2D eigenvalue weighted by Gasteiger charge is -2.50. The SMILES string of the molecule is CCN(C)[C@@H]1C(O)=C(C(N)=O)C(=O)[C@@]2(O)C(O)=C3C(=O)c4c(O)c5c(c(OC)c4C[C@H]3C[C@@H]12)C1C(CCN1C)CN5. The minimum absolute atomic E-state index is 0.0119. The van der Waals surface area contributed by atoms with E-state index in [2.05, 4.69) is 10.2 Å². The minimum atomic E-state index is -2.67. The van der Waals surface area contributed by atoms with Gasteiger partial charge in [0.25, 0.3) is 5.91 Å². The van der Waals surface area contributed by atoms with Gasteiger partial charge in [0, 0.05) is 35.2 Å². The van der Waals surface area contributed by atoms with E-state index in [4.69, 9.17) is 10.5 Å². The van der Waals surface area contributed by atoms with Crippen molar-refractivity contribution in [1.82, 2.24) is 9.80 Å². The quantitative estimate of drug-likeness (QED) is 0.224. The van der Waals surface area contributed by atoms with Crippen LogP contribution in [0.4, 0.5) is 5.69 Å². The molecule has 1 fully saturated rings. The number of Topliss-reactive ketones (excluding diaryl/α,β-unsaturated/α-hetero) is 2. The number of rotatable bonds is 4. The molecule has 0 radical (unpaired) electrons. The molecule has 0 saturated carbocycles. The van der Waals surface area contributed by atoms with E-state index in [0.717, 1.165) is 18.5 Å². The summed E-state index contributed by atoms with van der Waals surface area (Å²) in [6, 6.07) is -1.04. The molecule has 1 aromatic carbocycles. The molecule has 6 rings (SSSR count). The van der Waals surface area contributed by atoms with Crippen molar-refractivity contribution in [2.75, 3.05) is 46.2 Å². The molecule has 12 heteroatoms. The van der Waals surface area contributed by atoms with E-state index >= 15 is 0 Å². The molecular formula is C29H36N4O8. The maximum absolute atomic E-state index is 14.1. The van der Waals surface area contributed by atoms with Gasteiger partial charge < -0.3 is 36.2 Å². The number of aliphatic hydroxyl groups excluding tert-OH is 2. The Bertz CT molecular complexity index is 1470. The highest BCUT2D eigenvalue weighted by molar-refractivity contribution is 6.25. The Hall–Kier alpha value is -3.61. The van der Waals surface area contributed by atoms with Crippen LogP contribution in [0.1, 0.15) is 47.3 Å². The molecular weight excluding hydrogens is 532 g/mol. The number of likely N-dealkylation sites (N-methyl/N-ethyl adjacent to an activating group) is 1. The number of allylic oxidation sites excluding steroid dienone is 1. The molecule has 0 bridgehead atoms. The first kappa shape index (κ1) is 27.6. The number of nitrogens with one attached hydrogen (secondary N) is 1. The first-order valence-electron chi connectivity index (χ1n) is 14.0. The van der Waals surface area contributed by atoms with Gasteiger partial charge in [-0.3, -0.25) is 24.2 Å². The number of phenolic OH excluding ortho intramolecular Hbond substituents is 1. The summed E-state index contributed by atoms with van der Waals surface area (Å²) < 4.78 is 5.94. The van der Waals surface area contributed by atoms with Gasteiger partial charge in [-0.05, 0) is 58.3 Å². The van der Waals surface area contributed by atoms with E-state index < -0.39 is 58.0 Å². The third-order valence-corrected chi connectivity index (χ3v) is 10.1. The zero-order valence-electron chi connectivity index (χ0n) is 23.5. The Morgan fingerprint density at radius 3 is 2.61 bits per heavy atom. The lowest BCUT2D eigenvalue weighted by molar-refractivity contribution is -0.148. The molecule has 0 spiro atoms. The number of aliphatic hydroxyl groups is 3. The van der Waals surface area contributed by atoms with Gasteiger partial charge in [-0.1, -0.05) is 6.92 Å². The van der Waals surface area contributed by atoms with Crippen molar-refractivity contribution in [2.24, 2.45) is 23.5 Å². The predicted octanol–water partition coefficient (Wildman–Crippen LogP) is 0.938. The van der Waals surface area contributed by atoms with Crippen LogP contribution in [0, 0.1) is 17.8 Å². The fourth-order valence-corrected chi connectivity index (χ4v) is 8.11. The van der Waals surface area contributed by atoms with Crippen LogP contribution in [0.3, 0.4) is 0 Å². The topological polar surface area (TPSA) is 186 Å². The lowest BCUT2D eigenvalue weighted by atomic mass is 9.58. The number of aromatic hydroxyl groups is 1. The summed E-state index contributed by atoms with van der Waals surface area (Å²) in [6.07, 6.45) is 1.19. The number of methoxy groups -OCH3 is 1. The molecule has 2 unspecified atom stereocenters. The molecule has 1 aromatic rings. The zero-order valence-corrected chi connectivity index (χ0v) is 23.5. The number of anilines is 1. The standard InChI is InChI=1S/C29H36N4O8/c1-5-32(2)21-14-9-12-8-13-16(22(34)15(12)26(37)29(14,40)27(38)18(24(21)36)28(30)39)23(35)19-17(25(13)41-4)20-11(10-31-19)6-7-33(20)3/h11-12,14,20-21,31,35-37,40H,5-10H2,1-4H3,(H2,30,39)/t11?,12-,14-,20?,21-,29-/m0/s1. The number of ether oxygens (including phenoxy) is 1. The second-order valence-electron chi connectivity index (χ2n) is 12.0. The average Bonchev–Trinajstić information content (AvgIpc) is 3.31. The van der Waals surface area contributed by atoms with E-state index in [1.165, 1.54) is 7.11 Å². The van der Waals surface area contributed by atoms with Crippen molar-refractivity contribution in [3.05, 3.63) is 39.4 Å². The average molecular weight is 569 g/mol. The summed E-state index contributed by atoms with van der Waals surface area (Å²) in [5, 5.41) is 49.3. The largest absolute Gasteiger partial charge is 0.510 e. The second-order valence-corrected chi connectivity index (χ2v) is 12.0. The van der Waals surface area contributed by atoms with E-state index in [9.17, 15) is 34.8 Å². The Labute approximate surface area is 237 Å². The fourth-order valence-electron chi connectivity index (χ4n) is 8.11. The Morgan fingerprint density at radius 1 is 1.27 bits per heavy atom. The molecule has 6 atom stereocenters. The molecule has 220 valence electrons. The highest BCUT2D eigenvalue weighted by Crippen LogP contribution is 2.58. The smallest absolute Gasteiger partial charge is 0.255 e. The third-order valence-electron chi connectivity index (χ3n) is 10.1. The molecule has 1 amide bonds.